The predicted molar refractivity (Wildman–Crippen MR) is 61.0 cm³/mol. The van der Waals surface area contributed by atoms with Crippen LogP contribution in [0.5, 0.6) is 0 Å². The number of alkyl halides is 3. The van der Waals surface area contributed by atoms with Crippen molar-refractivity contribution in [3.8, 4) is 0 Å². The average Bonchev–Trinajstić information content (AvgIpc) is 2.29. The van der Waals surface area contributed by atoms with Crippen molar-refractivity contribution >= 4 is 0 Å². The van der Waals surface area contributed by atoms with E-state index < -0.39 is 12.6 Å². The summed E-state index contributed by atoms with van der Waals surface area (Å²) < 4.78 is 37.4. The molecule has 1 saturated heterocycles. The number of rotatable bonds is 2. The third kappa shape index (κ3) is 3.46. The van der Waals surface area contributed by atoms with Crippen molar-refractivity contribution in [3.05, 3.63) is 35.4 Å². The molecule has 0 atom stereocenters. The molecule has 0 amide bonds. The molecule has 1 aliphatic heterocycles. The second-order valence-electron chi connectivity index (χ2n) is 4.52. The maximum absolute atomic E-state index is 12.5. The van der Waals surface area contributed by atoms with E-state index in [0.717, 1.165) is 31.5 Å². The Morgan fingerprint density at radius 1 is 1.12 bits per heavy atom. The van der Waals surface area contributed by atoms with E-state index in [2.05, 4.69) is 5.32 Å². The van der Waals surface area contributed by atoms with Gasteiger partial charge in [0.1, 0.15) is 0 Å². The van der Waals surface area contributed by atoms with E-state index in [1.54, 1.807) is 12.1 Å². The molecule has 0 spiro atoms. The van der Waals surface area contributed by atoms with Gasteiger partial charge in [0.05, 0.1) is 6.42 Å². The second-order valence-corrected chi connectivity index (χ2v) is 4.52. The first-order valence-electron chi connectivity index (χ1n) is 5.91. The molecule has 0 radical (unpaired) electrons. The Labute approximate surface area is 99.0 Å². The summed E-state index contributed by atoms with van der Waals surface area (Å²) in [5.74, 6) is 0.273. The van der Waals surface area contributed by atoms with Crippen molar-refractivity contribution in [1.29, 1.82) is 0 Å². The predicted octanol–water partition coefficient (Wildman–Crippen LogP) is 3.26. The number of hydrogen-bond acceptors (Lipinski definition) is 1. The third-order valence-corrected chi connectivity index (χ3v) is 3.22. The van der Waals surface area contributed by atoms with E-state index in [-0.39, 0.29) is 5.92 Å². The topological polar surface area (TPSA) is 12.0 Å². The maximum atomic E-state index is 12.5. The van der Waals surface area contributed by atoms with Crippen LogP contribution in [0.1, 0.15) is 29.9 Å². The Morgan fingerprint density at radius 3 is 2.41 bits per heavy atom. The van der Waals surface area contributed by atoms with Crippen molar-refractivity contribution in [2.45, 2.75) is 31.4 Å². The Balaban J connectivity index is 2.20. The lowest BCUT2D eigenvalue weighted by Crippen LogP contribution is -2.27. The highest BCUT2D eigenvalue weighted by Gasteiger charge is 2.30. The van der Waals surface area contributed by atoms with Crippen molar-refractivity contribution in [2.24, 2.45) is 0 Å². The molecule has 17 heavy (non-hydrogen) atoms. The molecule has 0 aliphatic carbocycles. The highest BCUT2D eigenvalue weighted by atomic mass is 19.4. The van der Waals surface area contributed by atoms with Crippen LogP contribution in [0.25, 0.3) is 0 Å². The minimum Gasteiger partial charge on any atom is -0.317 e. The number of halogens is 3. The highest BCUT2D eigenvalue weighted by molar-refractivity contribution is 5.31. The Morgan fingerprint density at radius 2 is 1.76 bits per heavy atom. The lowest BCUT2D eigenvalue weighted by molar-refractivity contribution is -0.127. The number of hydrogen-bond donors (Lipinski definition) is 1. The van der Waals surface area contributed by atoms with Crippen LogP contribution in [0.2, 0.25) is 0 Å². The number of piperidine rings is 1. The van der Waals surface area contributed by atoms with E-state index >= 15 is 0 Å². The molecule has 0 unspecified atom stereocenters. The largest absolute Gasteiger partial charge is 0.393 e. The fraction of sp³-hybridized carbons (Fsp3) is 0.538. The van der Waals surface area contributed by atoms with Crippen LogP contribution < -0.4 is 5.32 Å². The standard InChI is InChI=1S/C13H16F3N/c14-13(15,16)9-11-3-1-2-4-12(11)10-5-7-17-8-6-10/h1-4,10,17H,5-9H2. The average molecular weight is 243 g/mol. The van der Waals surface area contributed by atoms with Crippen LogP contribution >= 0.6 is 0 Å². The van der Waals surface area contributed by atoms with E-state index in [0.29, 0.717) is 5.56 Å². The lowest BCUT2D eigenvalue weighted by atomic mass is 9.86. The molecule has 1 aliphatic rings. The molecule has 4 heteroatoms. The normalized spacial score (nSPS) is 18.3. The molecule has 1 fully saturated rings. The Hall–Kier alpha value is -1.03. The fourth-order valence-corrected chi connectivity index (χ4v) is 2.44. The van der Waals surface area contributed by atoms with Gasteiger partial charge in [0.25, 0.3) is 0 Å². The molecule has 1 aromatic carbocycles. The molecular formula is C13H16F3N. The van der Waals surface area contributed by atoms with Crippen LogP contribution in [0.3, 0.4) is 0 Å². The first-order chi connectivity index (χ1) is 8.06. The molecule has 2 rings (SSSR count). The number of nitrogens with one attached hydrogen (secondary N) is 1. The zero-order valence-electron chi connectivity index (χ0n) is 9.56. The smallest absolute Gasteiger partial charge is 0.317 e. The van der Waals surface area contributed by atoms with Gasteiger partial charge < -0.3 is 5.32 Å². The minimum atomic E-state index is -4.12. The summed E-state index contributed by atoms with van der Waals surface area (Å²) in [6.07, 6.45) is -3.08. The van der Waals surface area contributed by atoms with Gasteiger partial charge in [-0.3, -0.25) is 0 Å². The van der Waals surface area contributed by atoms with Crippen molar-refractivity contribution < 1.29 is 13.2 Å². The minimum absolute atomic E-state index is 0.273. The first kappa shape index (κ1) is 12.4. The summed E-state index contributed by atoms with van der Waals surface area (Å²) in [7, 11) is 0. The highest BCUT2D eigenvalue weighted by Crippen LogP contribution is 2.31. The van der Waals surface area contributed by atoms with Gasteiger partial charge in [0, 0.05) is 0 Å². The zero-order chi connectivity index (χ0) is 12.3. The van der Waals surface area contributed by atoms with Crippen molar-refractivity contribution in [1.82, 2.24) is 5.32 Å². The van der Waals surface area contributed by atoms with Gasteiger partial charge in [-0.15, -0.1) is 0 Å². The van der Waals surface area contributed by atoms with Gasteiger partial charge in [-0.25, -0.2) is 0 Å². The van der Waals surface area contributed by atoms with Crippen LogP contribution in [0.15, 0.2) is 24.3 Å². The second kappa shape index (κ2) is 5.08. The van der Waals surface area contributed by atoms with Gasteiger partial charge in [-0.05, 0) is 43.0 Å². The third-order valence-electron chi connectivity index (χ3n) is 3.22. The van der Waals surface area contributed by atoms with E-state index in [1.165, 1.54) is 0 Å². The molecule has 1 aromatic rings. The summed E-state index contributed by atoms with van der Waals surface area (Å²) in [5.41, 5.74) is 1.32. The maximum Gasteiger partial charge on any atom is 0.393 e. The number of benzene rings is 1. The van der Waals surface area contributed by atoms with Gasteiger partial charge in [-0.2, -0.15) is 13.2 Å². The molecule has 0 bridgehead atoms. The van der Waals surface area contributed by atoms with E-state index in [1.807, 2.05) is 12.1 Å². The summed E-state index contributed by atoms with van der Waals surface area (Å²) in [6, 6.07) is 6.96. The quantitative estimate of drug-likeness (QED) is 0.840. The molecule has 1 N–H and O–H groups in total. The monoisotopic (exact) mass is 243 g/mol. The van der Waals surface area contributed by atoms with Crippen LogP contribution in [-0.2, 0) is 6.42 Å². The van der Waals surface area contributed by atoms with E-state index in [9.17, 15) is 13.2 Å². The summed E-state index contributed by atoms with van der Waals surface area (Å²) in [4.78, 5) is 0. The van der Waals surface area contributed by atoms with Gasteiger partial charge in [0.2, 0.25) is 0 Å². The van der Waals surface area contributed by atoms with Gasteiger partial charge in [-0.1, -0.05) is 24.3 Å². The molecule has 0 saturated carbocycles. The molecule has 0 aromatic heterocycles. The molecule has 94 valence electrons. The fourth-order valence-electron chi connectivity index (χ4n) is 2.44. The van der Waals surface area contributed by atoms with Crippen molar-refractivity contribution in [3.63, 3.8) is 0 Å². The van der Waals surface area contributed by atoms with Gasteiger partial charge >= 0.3 is 6.18 Å². The SMILES string of the molecule is FC(F)(F)Cc1ccccc1C1CCNCC1. The Bertz CT molecular complexity index is 367. The zero-order valence-corrected chi connectivity index (χ0v) is 9.56. The van der Waals surface area contributed by atoms with E-state index in [4.69, 9.17) is 0 Å². The van der Waals surface area contributed by atoms with Crippen LogP contribution in [0.4, 0.5) is 13.2 Å². The summed E-state index contributed by atoms with van der Waals surface area (Å²) >= 11 is 0. The van der Waals surface area contributed by atoms with Gasteiger partial charge in [0.15, 0.2) is 0 Å². The van der Waals surface area contributed by atoms with Crippen LogP contribution in [-0.4, -0.2) is 19.3 Å². The summed E-state index contributed by atoms with van der Waals surface area (Å²) in [5, 5.41) is 3.23. The Kier molecular flexibility index (Phi) is 3.72. The molecule has 1 heterocycles. The van der Waals surface area contributed by atoms with Crippen LogP contribution in [0, 0.1) is 0 Å². The summed E-state index contributed by atoms with van der Waals surface area (Å²) in [6.45, 7) is 1.79. The van der Waals surface area contributed by atoms with Crippen molar-refractivity contribution in [2.75, 3.05) is 13.1 Å². The first-order valence-corrected chi connectivity index (χ1v) is 5.91. The molecular weight excluding hydrogens is 227 g/mol. The lowest BCUT2D eigenvalue weighted by Gasteiger charge is -2.25. The molecule has 1 nitrogen and oxygen atoms in total.